The zero-order valence-corrected chi connectivity index (χ0v) is 12.4. The fraction of sp³-hybridized carbons (Fsp3) is 0.222. The molecule has 0 radical (unpaired) electrons. The molecular formula is C18H17NO2. The first-order chi connectivity index (χ1) is 9.90. The summed E-state index contributed by atoms with van der Waals surface area (Å²) < 4.78 is 5.32. The molecular weight excluding hydrogens is 262 g/mol. The topological polar surface area (TPSA) is 50.1 Å². The van der Waals surface area contributed by atoms with Gasteiger partial charge in [0.25, 0.3) is 0 Å². The summed E-state index contributed by atoms with van der Waals surface area (Å²) >= 11 is 0. The molecule has 2 rings (SSSR count). The molecule has 106 valence electrons. The van der Waals surface area contributed by atoms with Gasteiger partial charge in [0.2, 0.25) is 0 Å². The number of esters is 1. The summed E-state index contributed by atoms with van der Waals surface area (Å²) in [6.07, 6.45) is 0. The predicted molar refractivity (Wildman–Crippen MR) is 81.3 cm³/mol. The quantitative estimate of drug-likeness (QED) is 0.615. The Morgan fingerprint density at radius 2 is 1.57 bits per heavy atom. The van der Waals surface area contributed by atoms with Gasteiger partial charge in [-0.3, -0.25) is 0 Å². The van der Waals surface area contributed by atoms with Crippen molar-refractivity contribution < 1.29 is 9.53 Å². The molecule has 21 heavy (non-hydrogen) atoms. The summed E-state index contributed by atoms with van der Waals surface area (Å²) in [5.74, 6) is 0.0837. The molecule has 0 aliphatic rings. The number of ether oxygens (including phenoxy) is 1. The zero-order chi connectivity index (χ0) is 15.5. The molecule has 0 saturated heterocycles. The monoisotopic (exact) mass is 279 g/mol. The van der Waals surface area contributed by atoms with Gasteiger partial charge in [0.15, 0.2) is 0 Å². The van der Waals surface area contributed by atoms with E-state index < -0.39 is 5.97 Å². The fourth-order valence-electron chi connectivity index (χ4n) is 1.87. The Bertz CT molecular complexity index is 671. The second-order valence-corrected chi connectivity index (χ2v) is 5.85. The molecule has 0 saturated carbocycles. The Morgan fingerprint density at radius 3 is 2.05 bits per heavy atom. The van der Waals surface area contributed by atoms with Gasteiger partial charge in [-0.1, -0.05) is 32.9 Å². The Morgan fingerprint density at radius 1 is 1.00 bits per heavy atom. The van der Waals surface area contributed by atoms with Gasteiger partial charge in [-0.25, -0.2) is 4.79 Å². The summed E-state index contributed by atoms with van der Waals surface area (Å²) in [5, 5.41) is 8.73. The van der Waals surface area contributed by atoms with Crippen molar-refractivity contribution in [2.45, 2.75) is 26.2 Å². The molecule has 2 aromatic carbocycles. The van der Waals surface area contributed by atoms with Crippen LogP contribution in [-0.4, -0.2) is 5.97 Å². The largest absolute Gasteiger partial charge is 0.423 e. The molecule has 0 aliphatic heterocycles. The average molecular weight is 279 g/mol. The van der Waals surface area contributed by atoms with Crippen LogP contribution in [0, 0.1) is 11.3 Å². The molecule has 0 aliphatic carbocycles. The SMILES string of the molecule is CC(C)(C)c1ccc(OC(=O)c2ccc(C#N)cc2)cc1. The Labute approximate surface area is 124 Å². The third-order valence-electron chi connectivity index (χ3n) is 3.18. The summed E-state index contributed by atoms with van der Waals surface area (Å²) in [5.41, 5.74) is 2.19. The summed E-state index contributed by atoms with van der Waals surface area (Å²) in [7, 11) is 0. The number of nitrogens with zero attached hydrogens (tertiary/aromatic N) is 1. The molecule has 3 nitrogen and oxygen atoms in total. The second-order valence-electron chi connectivity index (χ2n) is 5.85. The van der Waals surface area contributed by atoms with Gasteiger partial charge in [-0.15, -0.1) is 0 Å². The van der Waals surface area contributed by atoms with Gasteiger partial charge in [-0.05, 0) is 47.4 Å². The first kappa shape index (κ1) is 14.8. The summed E-state index contributed by atoms with van der Waals surface area (Å²) in [6.45, 7) is 6.39. The minimum absolute atomic E-state index is 0.0651. The van der Waals surface area contributed by atoms with Crippen LogP contribution in [0.25, 0.3) is 0 Å². The number of hydrogen-bond donors (Lipinski definition) is 0. The number of hydrogen-bond acceptors (Lipinski definition) is 3. The van der Waals surface area contributed by atoms with Gasteiger partial charge >= 0.3 is 5.97 Å². The third-order valence-corrected chi connectivity index (χ3v) is 3.18. The molecule has 2 aromatic rings. The van der Waals surface area contributed by atoms with Crippen molar-refractivity contribution in [1.29, 1.82) is 5.26 Å². The lowest BCUT2D eigenvalue weighted by molar-refractivity contribution is 0.0734. The second kappa shape index (κ2) is 5.80. The van der Waals surface area contributed by atoms with Crippen molar-refractivity contribution in [3.8, 4) is 11.8 Å². The van der Waals surface area contributed by atoms with Crippen LogP contribution in [0.5, 0.6) is 5.75 Å². The van der Waals surface area contributed by atoms with Crippen LogP contribution >= 0.6 is 0 Å². The Kier molecular flexibility index (Phi) is 4.09. The number of rotatable bonds is 2. The van der Waals surface area contributed by atoms with Crippen molar-refractivity contribution in [3.63, 3.8) is 0 Å². The number of carbonyl (C=O) groups excluding carboxylic acids is 1. The van der Waals surface area contributed by atoms with Gasteiger partial charge < -0.3 is 4.74 Å². The van der Waals surface area contributed by atoms with E-state index in [4.69, 9.17) is 10.00 Å². The number of nitriles is 1. The lowest BCUT2D eigenvalue weighted by atomic mass is 9.87. The highest BCUT2D eigenvalue weighted by Crippen LogP contribution is 2.24. The van der Waals surface area contributed by atoms with Crippen molar-refractivity contribution in [1.82, 2.24) is 0 Å². The standard InChI is InChI=1S/C18H17NO2/c1-18(2,3)15-8-10-16(11-9-15)21-17(20)14-6-4-13(12-19)5-7-14/h4-11H,1-3H3. The minimum Gasteiger partial charge on any atom is -0.423 e. The predicted octanol–water partition coefficient (Wildman–Crippen LogP) is 4.07. The fourth-order valence-corrected chi connectivity index (χ4v) is 1.87. The van der Waals surface area contributed by atoms with E-state index >= 15 is 0 Å². The minimum atomic E-state index is -0.428. The highest BCUT2D eigenvalue weighted by molar-refractivity contribution is 5.91. The highest BCUT2D eigenvalue weighted by atomic mass is 16.5. The molecule has 0 heterocycles. The van der Waals surface area contributed by atoms with Crippen LogP contribution in [0.1, 0.15) is 42.3 Å². The van der Waals surface area contributed by atoms with Gasteiger partial charge in [-0.2, -0.15) is 5.26 Å². The highest BCUT2D eigenvalue weighted by Gasteiger charge is 2.14. The summed E-state index contributed by atoms with van der Waals surface area (Å²) in [4.78, 5) is 12.0. The van der Waals surface area contributed by atoms with Crippen molar-refractivity contribution in [2.75, 3.05) is 0 Å². The maximum Gasteiger partial charge on any atom is 0.343 e. The normalized spacial score (nSPS) is 10.8. The lowest BCUT2D eigenvalue weighted by Crippen LogP contribution is -2.11. The third kappa shape index (κ3) is 3.70. The smallest absolute Gasteiger partial charge is 0.343 e. The van der Waals surface area contributed by atoms with Gasteiger partial charge in [0.05, 0.1) is 17.2 Å². The van der Waals surface area contributed by atoms with Crippen molar-refractivity contribution in [2.24, 2.45) is 0 Å². The maximum absolute atomic E-state index is 12.0. The number of benzene rings is 2. The molecule has 0 unspecified atom stereocenters. The van der Waals surface area contributed by atoms with Crippen molar-refractivity contribution in [3.05, 3.63) is 65.2 Å². The molecule has 0 bridgehead atoms. The average Bonchev–Trinajstić information content (AvgIpc) is 2.47. The molecule has 0 N–H and O–H groups in total. The van der Waals surface area contributed by atoms with E-state index in [-0.39, 0.29) is 5.41 Å². The lowest BCUT2D eigenvalue weighted by Gasteiger charge is -2.18. The molecule has 0 spiro atoms. The van der Waals surface area contributed by atoms with E-state index in [0.717, 1.165) is 0 Å². The van der Waals surface area contributed by atoms with Crippen LogP contribution in [-0.2, 0) is 5.41 Å². The van der Waals surface area contributed by atoms with E-state index in [1.165, 1.54) is 5.56 Å². The number of carbonyl (C=O) groups is 1. The van der Waals surface area contributed by atoms with E-state index in [1.54, 1.807) is 36.4 Å². The Hall–Kier alpha value is -2.60. The zero-order valence-electron chi connectivity index (χ0n) is 12.4. The summed E-state index contributed by atoms with van der Waals surface area (Å²) in [6, 6.07) is 15.9. The van der Waals surface area contributed by atoms with E-state index in [0.29, 0.717) is 16.9 Å². The van der Waals surface area contributed by atoms with Crippen LogP contribution in [0.4, 0.5) is 0 Å². The molecule has 0 fully saturated rings. The van der Waals surface area contributed by atoms with Gasteiger partial charge in [0.1, 0.15) is 5.75 Å². The molecule has 0 atom stereocenters. The molecule has 3 heteroatoms. The van der Waals surface area contributed by atoms with Crippen LogP contribution in [0.3, 0.4) is 0 Å². The van der Waals surface area contributed by atoms with E-state index in [1.807, 2.05) is 18.2 Å². The van der Waals surface area contributed by atoms with Crippen LogP contribution < -0.4 is 4.74 Å². The van der Waals surface area contributed by atoms with Crippen molar-refractivity contribution >= 4 is 5.97 Å². The molecule has 0 amide bonds. The Balaban J connectivity index is 2.10. The first-order valence-corrected chi connectivity index (χ1v) is 6.73. The van der Waals surface area contributed by atoms with Crippen LogP contribution in [0.2, 0.25) is 0 Å². The maximum atomic E-state index is 12.0. The van der Waals surface area contributed by atoms with Crippen LogP contribution in [0.15, 0.2) is 48.5 Å². The van der Waals surface area contributed by atoms with E-state index in [9.17, 15) is 4.79 Å². The van der Waals surface area contributed by atoms with E-state index in [2.05, 4.69) is 20.8 Å². The molecule has 0 aromatic heterocycles. The van der Waals surface area contributed by atoms with Gasteiger partial charge in [0, 0.05) is 0 Å². The first-order valence-electron chi connectivity index (χ1n) is 6.73.